The minimum absolute atomic E-state index is 0.0312. The van der Waals surface area contributed by atoms with Crippen molar-refractivity contribution in [2.24, 2.45) is 0 Å². The van der Waals surface area contributed by atoms with Crippen molar-refractivity contribution in [1.29, 1.82) is 0 Å². The Morgan fingerprint density at radius 1 is 1.11 bits per heavy atom. The second-order valence-corrected chi connectivity index (χ2v) is 8.52. The van der Waals surface area contributed by atoms with E-state index >= 15 is 0 Å². The number of nitrogens with zero attached hydrogens (tertiary/aromatic N) is 1. The Morgan fingerprint density at radius 2 is 1.79 bits per heavy atom. The van der Waals surface area contributed by atoms with E-state index in [0.717, 1.165) is 0 Å². The number of anilines is 1. The molecule has 0 radical (unpaired) electrons. The lowest BCUT2D eigenvalue weighted by molar-refractivity contribution is -0.384. The first-order valence-electron chi connectivity index (χ1n) is 7.52. The topological polar surface area (TPSA) is 96.3 Å². The predicted octanol–water partition coefficient (Wildman–Crippen LogP) is 4.66. The molecule has 1 amide bonds. The predicted molar refractivity (Wildman–Crippen MR) is 115 cm³/mol. The summed E-state index contributed by atoms with van der Waals surface area (Å²) in [6.45, 7) is 0. The Balaban J connectivity index is 2.11. The fourth-order valence-electron chi connectivity index (χ4n) is 2.05. The molecule has 0 aliphatic heterocycles. The van der Waals surface area contributed by atoms with Crippen LogP contribution in [-0.2, 0) is 0 Å². The lowest BCUT2D eigenvalue weighted by atomic mass is 10.2. The fraction of sp³-hybridized carbons (Fsp3) is 0.125. The molecule has 0 bridgehead atoms. The van der Waals surface area contributed by atoms with E-state index in [1.54, 1.807) is 24.3 Å². The van der Waals surface area contributed by atoms with E-state index in [0.29, 0.717) is 5.69 Å². The maximum absolute atomic E-state index is 12.4. The molecular weight excluding hydrogens is 470 g/mol. The first-order valence-corrected chi connectivity index (χ1v) is 9.44. The second-order valence-electron chi connectivity index (χ2n) is 5.33. The molecule has 0 aliphatic rings. The van der Waals surface area contributed by atoms with Crippen LogP contribution in [0.2, 0.25) is 5.02 Å². The summed E-state index contributed by atoms with van der Waals surface area (Å²) in [6, 6.07) is 12.0. The fourth-order valence-corrected chi connectivity index (χ4v) is 2.83. The van der Waals surface area contributed by atoms with E-state index in [1.165, 1.54) is 24.3 Å². The van der Waals surface area contributed by atoms with Crippen molar-refractivity contribution in [2.75, 3.05) is 5.32 Å². The average molecular weight is 482 g/mol. The molecule has 1 atom stereocenters. The number of thiocarbonyl (C=S) groups is 1. The normalized spacial score (nSPS) is 12.0. The zero-order valence-electron chi connectivity index (χ0n) is 13.8. The van der Waals surface area contributed by atoms with E-state index in [4.69, 9.17) is 58.6 Å². The quantitative estimate of drug-likeness (QED) is 0.189. The molecule has 2 rings (SSSR count). The highest BCUT2D eigenvalue weighted by Crippen LogP contribution is 2.29. The third-order valence-corrected chi connectivity index (χ3v) is 4.52. The molecule has 148 valence electrons. The Morgan fingerprint density at radius 3 is 2.39 bits per heavy atom. The molecule has 0 heterocycles. The molecule has 0 saturated carbocycles. The van der Waals surface area contributed by atoms with Gasteiger partial charge in [0.1, 0.15) is 6.17 Å². The highest BCUT2D eigenvalue weighted by Gasteiger charge is 2.35. The molecule has 2 aromatic carbocycles. The van der Waals surface area contributed by atoms with Crippen LogP contribution in [0, 0.1) is 10.1 Å². The lowest BCUT2D eigenvalue weighted by Gasteiger charge is -2.28. The van der Waals surface area contributed by atoms with Gasteiger partial charge in [-0.05, 0) is 30.4 Å². The minimum atomic E-state index is -1.97. The van der Waals surface area contributed by atoms with Crippen molar-refractivity contribution in [2.45, 2.75) is 9.96 Å². The van der Waals surface area contributed by atoms with E-state index in [2.05, 4.69) is 16.0 Å². The van der Waals surface area contributed by atoms with Gasteiger partial charge in [-0.1, -0.05) is 64.6 Å². The molecule has 28 heavy (non-hydrogen) atoms. The largest absolute Gasteiger partial charge is 0.339 e. The number of non-ortho nitro benzene ring substituents is 1. The molecule has 0 unspecified atom stereocenters. The van der Waals surface area contributed by atoms with Crippen LogP contribution in [0.25, 0.3) is 0 Å². The molecule has 2 aromatic rings. The van der Waals surface area contributed by atoms with E-state index < -0.39 is 20.8 Å². The number of benzene rings is 2. The third kappa shape index (κ3) is 6.35. The number of nitrogens with one attached hydrogen (secondary N) is 3. The van der Waals surface area contributed by atoms with Gasteiger partial charge in [0.05, 0.1) is 15.5 Å². The number of carbonyl (C=O) groups is 1. The van der Waals surface area contributed by atoms with Gasteiger partial charge in [-0.15, -0.1) is 0 Å². The summed E-state index contributed by atoms with van der Waals surface area (Å²) < 4.78 is -1.97. The van der Waals surface area contributed by atoms with E-state index in [9.17, 15) is 14.9 Å². The maximum atomic E-state index is 12.4. The van der Waals surface area contributed by atoms with E-state index in [1.807, 2.05) is 0 Å². The number of rotatable bonds is 5. The molecule has 0 fully saturated rings. The molecule has 12 heteroatoms. The smallest absolute Gasteiger partial charge is 0.271 e. The number of nitro groups is 1. The van der Waals surface area contributed by atoms with Crippen LogP contribution < -0.4 is 16.0 Å². The highest BCUT2D eigenvalue weighted by molar-refractivity contribution is 7.80. The number of halogens is 4. The summed E-state index contributed by atoms with van der Waals surface area (Å²) in [7, 11) is 0. The Kier molecular flexibility index (Phi) is 7.68. The SMILES string of the molecule is O=C(N[C@@H](NC(=S)Nc1cccc([N+](=O)[O-])c1)C(Cl)(Cl)Cl)c1ccccc1Cl. The van der Waals surface area contributed by atoms with Crippen LogP contribution in [0.4, 0.5) is 11.4 Å². The molecule has 0 spiro atoms. The average Bonchev–Trinajstić information content (AvgIpc) is 2.60. The monoisotopic (exact) mass is 480 g/mol. The standard InChI is InChI=1S/C16H12Cl4N4O3S/c17-12-7-2-1-6-11(12)13(25)22-14(16(18,19)20)23-15(28)21-9-4-3-5-10(8-9)24(26)27/h1-8,14H,(H,22,25)(H2,21,23,28)/t14-/m0/s1. The Hall–Kier alpha value is -1.84. The van der Waals surface area contributed by atoms with Gasteiger partial charge in [-0.2, -0.15) is 0 Å². The number of amides is 1. The van der Waals surface area contributed by atoms with Gasteiger partial charge in [-0.3, -0.25) is 14.9 Å². The molecule has 0 saturated heterocycles. The molecular formula is C16H12Cl4N4O3S. The summed E-state index contributed by atoms with van der Waals surface area (Å²) in [5.74, 6) is -0.590. The van der Waals surface area contributed by atoms with Crippen molar-refractivity contribution in [1.82, 2.24) is 10.6 Å². The zero-order valence-corrected chi connectivity index (χ0v) is 17.6. The summed E-state index contributed by atoms with van der Waals surface area (Å²) in [6.07, 6.45) is -1.22. The Bertz CT molecular complexity index is 907. The van der Waals surface area contributed by atoms with Crippen LogP contribution in [0.5, 0.6) is 0 Å². The zero-order chi connectivity index (χ0) is 20.9. The van der Waals surface area contributed by atoms with Crippen LogP contribution in [0.15, 0.2) is 48.5 Å². The van der Waals surface area contributed by atoms with Gasteiger partial charge in [-0.25, -0.2) is 0 Å². The Labute approximate surface area is 185 Å². The van der Waals surface area contributed by atoms with E-state index in [-0.39, 0.29) is 21.4 Å². The van der Waals surface area contributed by atoms with Crippen molar-refractivity contribution in [3.63, 3.8) is 0 Å². The van der Waals surface area contributed by atoms with Crippen molar-refractivity contribution in [3.05, 3.63) is 69.2 Å². The van der Waals surface area contributed by atoms with Crippen LogP contribution in [-0.4, -0.2) is 25.9 Å². The molecule has 3 N–H and O–H groups in total. The minimum Gasteiger partial charge on any atom is -0.339 e. The summed E-state index contributed by atoms with van der Waals surface area (Å²) in [4.78, 5) is 22.7. The first-order chi connectivity index (χ1) is 13.1. The number of alkyl halides is 3. The summed E-state index contributed by atoms with van der Waals surface area (Å²) in [5, 5.41) is 18.9. The van der Waals surface area contributed by atoms with Gasteiger partial charge in [0.25, 0.3) is 11.6 Å². The van der Waals surface area contributed by atoms with Gasteiger partial charge in [0.2, 0.25) is 3.79 Å². The number of hydrogen-bond acceptors (Lipinski definition) is 4. The van der Waals surface area contributed by atoms with Gasteiger partial charge in [0.15, 0.2) is 5.11 Å². The molecule has 0 aromatic heterocycles. The number of nitro benzene ring substituents is 1. The number of carbonyl (C=O) groups excluding carboxylic acids is 1. The maximum Gasteiger partial charge on any atom is 0.271 e. The van der Waals surface area contributed by atoms with Crippen molar-refractivity contribution >= 4 is 81.0 Å². The third-order valence-electron chi connectivity index (χ3n) is 3.31. The van der Waals surface area contributed by atoms with Gasteiger partial charge in [0, 0.05) is 17.8 Å². The highest BCUT2D eigenvalue weighted by atomic mass is 35.6. The first kappa shape index (κ1) is 22.4. The summed E-state index contributed by atoms with van der Waals surface area (Å²) in [5.41, 5.74) is 0.396. The second kappa shape index (κ2) is 9.58. The van der Waals surface area contributed by atoms with Gasteiger partial charge < -0.3 is 16.0 Å². The van der Waals surface area contributed by atoms with Crippen LogP contribution in [0.3, 0.4) is 0 Å². The van der Waals surface area contributed by atoms with Crippen molar-refractivity contribution in [3.8, 4) is 0 Å². The number of hydrogen-bond donors (Lipinski definition) is 3. The van der Waals surface area contributed by atoms with Crippen LogP contribution in [0.1, 0.15) is 10.4 Å². The van der Waals surface area contributed by atoms with Gasteiger partial charge >= 0.3 is 0 Å². The van der Waals surface area contributed by atoms with Crippen molar-refractivity contribution < 1.29 is 9.72 Å². The molecule has 7 nitrogen and oxygen atoms in total. The molecule has 0 aliphatic carbocycles. The lowest BCUT2D eigenvalue weighted by Crippen LogP contribution is -2.56. The van der Waals surface area contributed by atoms with Crippen LogP contribution >= 0.6 is 58.6 Å². The summed E-state index contributed by atoms with van der Waals surface area (Å²) >= 11 is 28.9.